The molecule has 0 fully saturated rings. The minimum Gasteiger partial charge on any atom is -0.492 e. The third kappa shape index (κ3) is 10.8. The van der Waals surface area contributed by atoms with Gasteiger partial charge in [-0.25, -0.2) is 9.59 Å². The number of aromatic amines is 1. The lowest BCUT2D eigenvalue weighted by molar-refractivity contribution is -0.0332. The van der Waals surface area contributed by atoms with E-state index in [4.69, 9.17) is 28.9 Å². The number of carbonyl (C=O) groups is 2. The number of fused-ring (bicyclic) bond motifs is 1. The molecule has 3 N–H and O–H groups in total. The van der Waals surface area contributed by atoms with Crippen LogP contribution >= 0.6 is 0 Å². The molecule has 1 amide bonds. The molecule has 0 radical (unpaired) electrons. The minimum absolute atomic E-state index is 0.154. The van der Waals surface area contributed by atoms with Crippen LogP contribution in [0.5, 0.6) is 5.75 Å². The van der Waals surface area contributed by atoms with Gasteiger partial charge in [0.15, 0.2) is 0 Å². The van der Waals surface area contributed by atoms with E-state index in [2.05, 4.69) is 15.4 Å². The van der Waals surface area contributed by atoms with E-state index in [-0.39, 0.29) is 12.3 Å². The summed E-state index contributed by atoms with van der Waals surface area (Å²) < 4.78 is 21.7. The molecule has 11 heteroatoms. The molecular formula is C23H35N3O8. The predicted octanol–water partition coefficient (Wildman–Crippen LogP) is 2.67. The van der Waals surface area contributed by atoms with Crippen molar-refractivity contribution in [2.45, 2.75) is 26.4 Å². The molecule has 0 aliphatic heterocycles. The quantitative estimate of drug-likeness (QED) is 0.259. The Hall–Kier alpha value is -2.86. The van der Waals surface area contributed by atoms with Crippen molar-refractivity contribution in [3.63, 3.8) is 0 Å². The van der Waals surface area contributed by atoms with Gasteiger partial charge in [-0.05, 0) is 52.1 Å². The van der Waals surface area contributed by atoms with Crippen molar-refractivity contribution in [3.8, 4) is 5.75 Å². The lowest BCUT2D eigenvalue weighted by atomic mass is 10.2. The second kappa shape index (κ2) is 13.8. The van der Waals surface area contributed by atoms with Gasteiger partial charge in [-0.2, -0.15) is 5.48 Å². The van der Waals surface area contributed by atoms with E-state index in [1.54, 1.807) is 32.9 Å². The molecule has 1 heterocycles. The van der Waals surface area contributed by atoms with Crippen molar-refractivity contribution in [1.29, 1.82) is 0 Å². The van der Waals surface area contributed by atoms with Gasteiger partial charge < -0.3 is 33.9 Å². The SMILES string of the molecule is CN(CCOCCOCCONC(=O)OC(C)(C)C)CCOc1ccc2[nH]c(C(=O)O)cc2c1. The van der Waals surface area contributed by atoms with Crippen molar-refractivity contribution in [2.24, 2.45) is 0 Å². The summed E-state index contributed by atoms with van der Waals surface area (Å²) in [6, 6.07) is 7.03. The molecular weight excluding hydrogens is 446 g/mol. The van der Waals surface area contributed by atoms with Gasteiger partial charge in [0.2, 0.25) is 0 Å². The monoisotopic (exact) mass is 481 g/mol. The largest absolute Gasteiger partial charge is 0.492 e. The van der Waals surface area contributed by atoms with E-state index >= 15 is 0 Å². The van der Waals surface area contributed by atoms with Crippen LogP contribution in [0.4, 0.5) is 4.79 Å². The first kappa shape index (κ1) is 27.4. The number of amides is 1. The number of hydroxylamine groups is 1. The number of aromatic nitrogens is 1. The lowest BCUT2D eigenvalue weighted by Crippen LogP contribution is -2.33. The first-order valence-corrected chi connectivity index (χ1v) is 11.1. The molecule has 0 saturated carbocycles. The molecule has 2 aromatic rings. The summed E-state index contributed by atoms with van der Waals surface area (Å²) in [6.45, 7) is 9.24. The molecule has 2 rings (SSSR count). The third-order valence-electron chi connectivity index (χ3n) is 4.44. The van der Waals surface area contributed by atoms with Crippen LogP contribution in [0.25, 0.3) is 10.9 Å². The van der Waals surface area contributed by atoms with Gasteiger partial charge in [0.25, 0.3) is 0 Å². The van der Waals surface area contributed by atoms with Crippen molar-refractivity contribution in [2.75, 3.05) is 59.8 Å². The van der Waals surface area contributed by atoms with Crippen molar-refractivity contribution >= 4 is 23.0 Å². The molecule has 190 valence electrons. The van der Waals surface area contributed by atoms with Crippen LogP contribution in [-0.2, 0) is 19.0 Å². The van der Waals surface area contributed by atoms with Gasteiger partial charge in [0.05, 0.1) is 33.0 Å². The number of benzene rings is 1. The number of hydrogen-bond donors (Lipinski definition) is 3. The van der Waals surface area contributed by atoms with Crippen molar-refractivity contribution in [3.05, 3.63) is 30.0 Å². The van der Waals surface area contributed by atoms with Crippen molar-refractivity contribution in [1.82, 2.24) is 15.4 Å². The Morgan fingerprint density at radius 3 is 2.38 bits per heavy atom. The number of carboxylic acid groups (broad SMARTS) is 1. The average molecular weight is 482 g/mol. The van der Waals surface area contributed by atoms with E-state index in [1.165, 1.54) is 0 Å². The number of likely N-dealkylation sites (N-methyl/N-ethyl adjacent to an activating group) is 1. The number of ether oxygens (including phenoxy) is 4. The molecule has 34 heavy (non-hydrogen) atoms. The number of H-pyrrole nitrogens is 1. The molecule has 0 bridgehead atoms. The van der Waals surface area contributed by atoms with Gasteiger partial charge >= 0.3 is 12.1 Å². The molecule has 1 aromatic heterocycles. The maximum atomic E-state index is 11.4. The highest BCUT2D eigenvalue weighted by Crippen LogP contribution is 2.21. The van der Waals surface area contributed by atoms with E-state index in [0.29, 0.717) is 45.3 Å². The fourth-order valence-electron chi connectivity index (χ4n) is 2.80. The normalized spacial score (nSPS) is 11.7. The number of nitrogens with zero attached hydrogens (tertiary/aromatic N) is 1. The Morgan fingerprint density at radius 2 is 1.68 bits per heavy atom. The van der Waals surface area contributed by atoms with Gasteiger partial charge in [0, 0.05) is 24.0 Å². The van der Waals surface area contributed by atoms with E-state index in [9.17, 15) is 9.59 Å². The number of carboxylic acids is 1. The number of rotatable bonds is 15. The zero-order valence-electron chi connectivity index (χ0n) is 20.2. The van der Waals surface area contributed by atoms with Gasteiger partial charge in [0.1, 0.15) is 23.7 Å². The highest BCUT2D eigenvalue weighted by Gasteiger charge is 2.15. The number of nitrogens with one attached hydrogen (secondary N) is 2. The van der Waals surface area contributed by atoms with Gasteiger partial charge in [-0.15, -0.1) is 0 Å². The third-order valence-corrected chi connectivity index (χ3v) is 4.44. The van der Waals surface area contributed by atoms with E-state index < -0.39 is 17.7 Å². The van der Waals surface area contributed by atoms with E-state index in [1.807, 2.05) is 19.2 Å². The number of hydrogen-bond acceptors (Lipinski definition) is 8. The predicted molar refractivity (Wildman–Crippen MR) is 125 cm³/mol. The Labute approximate surface area is 199 Å². The Kier molecular flexibility index (Phi) is 11.1. The lowest BCUT2D eigenvalue weighted by Gasteiger charge is -2.19. The number of carbonyl (C=O) groups excluding carboxylic acids is 1. The molecule has 0 aliphatic rings. The summed E-state index contributed by atoms with van der Waals surface area (Å²) in [4.78, 5) is 32.3. The summed E-state index contributed by atoms with van der Waals surface area (Å²) in [6.07, 6.45) is -0.638. The number of aromatic carboxylic acids is 1. The highest BCUT2D eigenvalue weighted by molar-refractivity contribution is 5.94. The molecule has 0 unspecified atom stereocenters. The minimum atomic E-state index is -0.990. The van der Waals surface area contributed by atoms with Crippen LogP contribution in [0.15, 0.2) is 24.3 Å². The van der Waals surface area contributed by atoms with Crippen LogP contribution in [0.3, 0.4) is 0 Å². The maximum absolute atomic E-state index is 11.4. The van der Waals surface area contributed by atoms with Crippen LogP contribution in [0.1, 0.15) is 31.3 Å². The standard InChI is InChI=1S/C23H35N3O8/c1-23(2,3)34-22(29)25-33-14-13-31-12-11-30-9-7-26(4)8-10-32-18-5-6-19-17(15-18)16-20(24-19)21(27)28/h5-6,15-16,24H,7-14H2,1-4H3,(H,25,29)(H,27,28). The fourth-order valence-corrected chi connectivity index (χ4v) is 2.80. The Balaban J connectivity index is 1.45. The van der Waals surface area contributed by atoms with Crippen LogP contribution in [-0.4, -0.2) is 92.4 Å². The summed E-state index contributed by atoms with van der Waals surface area (Å²) in [5.41, 5.74) is 2.53. The second-order valence-corrected chi connectivity index (χ2v) is 8.57. The Morgan fingerprint density at radius 1 is 1.00 bits per heavy atom. The molecule has 11 nitrogen and oxygen atoms in total. The topological polar surface area (TPSA) is 132 Å². The van der Waals surface area contributed by atoms with Crippen LogP contribution in [0.2, 0.25) is 0 Å². The van der Waals surface area contributed by atoms with Gasteiger partial charge in [-0.3, -0.25) is 4.84 Å². The zero-order chi connectivity index (χ0) is 25.0. The second-order valence-electron chi connectivity index (χ2n) is 8.57. The molecule has 0 aliphatic carbocycles. The first-order valence-electron chi connectivity index (χ1n) is 11.1. The van der Waals surface area contributed by atoms with Gasteiger partial charge in [-0.1, -0.05) is 0 Å². The highest BCUT2D eigenvalue weighted by atomic mass is 16.7. The van der Waals surface area contributed by atoms with Crippen LogP contribution < -0.4 is 10.2 Å². The summed E-state index contributed by atoms with van der Waals surface area (Å²) >= 11 is 0. The molecule has 0 spiro atoms. The molecule has 0 atom stereocenters. The average Bonchev–Trinajstić information content (AvgIpc) is 3.17. The summed E-state index contributed by atoms with van der Waals surface area (Å²) in [5, 5.41) is 9.85. The van der Waals surface area contributed by atoms with Crippen LogP contribution in [0, 0.1) is 0 Å². The maximum Gasteiger partial charge on any atom is 0.431 e. The zero-order valence-corrected chi connectivity index (χ0v) is 20.2. The smallest absolute Gasteiger partial charge is 0.431 e. The first-order chi connectivity index (χ1) is 16.1. The fraction of sp³-hybridized carbons (Fsp3) is 0.565. The molecule has 0 saturated heterocycles. The summed E-state index contributed by atoms with van der Waals surface area (Å²) in [5.74, 6) is -0.300. The Bertz CT molecular complexity index is 909. The van der Waals surface area contributed by atoms with Crippen molar-refractivity contribution < 1.29 is 38.5 Å². The molecule has 1 aromatic carbocycles. The summed E-state index contributed by atoms with van der Waals surface area (Å²) in [7, 11) is 1.98. The van der Waals surface area contributed by atoms with E-state index in [0.717, 1.165) is 17.4 Å².